The van der Waals surface area contributed by atoms with E-state index >= 15 is 0 Å². The number of hydrogen-bond donors (Lipinski definition) is 1. The van der Waals surface area contributed by atoms with Crippen molar-refractivity contribution in [3.05, 3.63) is 54.1 Å². The average Bonchev–Trinajstić information content (AvgIpc) is 3.29. The zero-order valence-corrected chi connectivity index (χ0v) is 18.0. The van der Waals surface area contributed by atoms with E-state index in [0.717, 1.165) is 56.9 Å². The van der Waals surface area contributed by atoms with Gasteiger partial charge in [0, 0.05) is 44.0 Å². The molecule has 1 atom stereocenters. The lowest BCUT2D eigenvalue weighted by Gasteiger charge is -2.42. The largest absolute Gasteiger partial charge is 0.493 e. The van der Waals surface area contributed by atoms with Crippen molar-refractivity contribution in [3.63, 3.8) is 0 Å². The lowest BCUT2D eigenvalue weighted by Crippen LogP contribution is -2.54. The summed E-state index contributed by atoms with van der Waals surface area (Å²) in [4.78, 5) is 4.87. The number of ether oxygens (including phenoxy) is 2. The van der Waals surface area contributed by atoms with Gasteiger partial charge in [-0.05, 0) is 49.8 Å². The highest BCUT2D eigenvalue weighted by atomic mass is 16.5. The zero-order chi connectivity index (χ0) is 20.8. The molecule has 5 heteroatoms. The number of β-amino-alcohol motifs (C(OH)–C–C–N with tert-alkyl or cyclic N) is 1. The maximum atomic E-state index is 9.53. The van der Waals surface area contributed by atoms with Gasteiger partial charge in [-0.15, -0.1) is 0 Å². The van der Waals surface area contributed by atoms with E-state index in [4.69, 9.17) is 9.47 Å². The standard InChI is InChI=1S/C25H34N2O3/c1-29-24-12-11-21(18-25(24)30-23-9-5-6-10-23)27-14-13-26(15-16-28)22(19-27)17-20-7-3-2-4-8-20/h2-4,7-8,11-12,18,22-23,28H,5-6,9-10,13-17,19H2,1H3. The van der Waals surface area contributed by atoms with E-state index in [2.05, 4.69) is 52.3 Å². The summed E-state index contributed by atoms with van der Waals surface area (Å²) in [7, 11) is 1.71. The molecule has 2 aromatic rings. The highest BCUT2D eigenvalue weighted by molar-refractivity contribution is 5.57. The molecule has 0 aromatic heterocycles. The Balaban J connectivity index is 1.51. The molecule has 0 amide bonds. The molecule has 1 saturated heterocycles. The third-order valence-electron chi connectivity index (χ3n) is 6.41. The molecule has 1 saturated carbocycles. The molecule has 0 radical (unpaired) electrons. The highest BCUT2D eigenvalue weighted by Gasteiger charge is 2.28. The van der Waals surface area contributed by atoms with Crippen molar-refractivity contribution in [1.29, 1.82) is 0 Å². The molecule has 4 rings (SSSR count). The molecular formula is C25H34N2O3. The highest BCUT2D eigenvalue weighted by Crippen LogP contribution is 2.35. The van der Waals surface area contributed by atoms with Crippen molar-refractivity contribution in [2.24, 2.45) is 0 Å². The van der Waals surface area contributed by atoms with Crippen molar-refractivity contribution >= 4 is 5.69 Å². The molecule has 1 N–H and O–H groups in total. The van der Waals surface area contributed by atoms with Crippen LogP contribution in [0, 0.1) is 0 Å². The Hall–Kier alpha value is -2.24. The number of benzene rings is 2. The predicted molar refractivity (Wildman–Crippen MR) is 121 cm³/mol. The topological polar surface area (TPSA) is 45.2 Å². The van der Waals surface area contributed by atoms with Gasteiger partial charge in [-0.3, -0.25) is 4.90 Å². The first-order valence-corrected chi connectivity index (χ1v) is 11.3. The minimum atomic E-state index is 0.202. The molecule has 0 spiro atoms. The van der Waals surface area contributed by atoms with Crippen molar-refractivity contribution < 1.29 is 14.6 Å². The van der Waals surface area contributed by atoms with E-state index in [0.29, 0.717) is 12.1 Å². The van der Waals surface area contributed by atoms with E-state index in [1.54, 1.807) is 7.11 Å². The molecule has 162 valence electrons. The molecule has 5 nitrogen and oxygen atoms in total. The lowest BCUT2D eigenvalue weighted by atomic mass is 10.0. The van der Waals surface area contributed by atoms with Gasteiger partial charge in [0.05, 0.1) is 19.8 Å². The molecule has 1 aliphatic carbocycles. The fraction of sp³-hybridized carbons (Fsp3) is 0.520. The summed E-state index contributed by atoms with van der Waals surface area (Å²) in [5.41, 5.74) is 2.53. The van der Waals surface area contributed by atoms with Crippen LogP contribution in [-0.2, 0) is 6.42 Å². The minimum absolute atomic E-state index is 0.202. The number of nitrogens with zero attached hydrogens (tertiary/aromatic N) is 2. The maximum absolute atomic E-state index is 9.53. The lowest BCUT2D eigenvalue weighted by molar-refractivity contribution is 0.137. The molecule has 1 unspecified atom stereocenters. The van der Waals surface area contributed by atoms with Crippen molar-refractivity contribution in [3.8, 4) is 11.5 Å². The summed E-state index contributed by atoms with van der Waals surface area (Å²) >= 11 is 0. The van der Waals surface area contributed by atoms with Crippen LogP contribution in [0.5, 0.6) is 11.5 Å². The summed E-state index contributed by atoms with van der Waals surface area (Å²) in [5.74, 6) is 1.67. The fourth-order valence-electron chi connectivity index (χ4n) is 4.77. The second kappa shape index (κ2) is 10.2. The number of anilines is 1. The molecule has 30 heavy (non-hydrogen) atoms. The molecule has 2 aliphatic rings. The van der Waals surface area contributed by atoms with E-state index in [-0.39, 0.29) is 6.61 Å². The first-order chi connectivity index (χ1) is 14.8. The van der Waals surface area contributed by atoms with Crippen LogP contribution in [0.25, 0.3) is 0 Å². The van der Waals surface area contributed by atoms with Gasteiger partial charge in [-0.25, -0.2) is 0 Å². The molecule has 0 bridgehead atoms. The van der Waals surface area contributed by atoms with Gasteiger partial charge in [0.25, 0.3) is 0 Å². The van der Waals surface area contributed by atoms with Gasteiger partial charge in [0.15, 0.2) is 11.5 Å². The Kier molecular flexibility index (Phi) is 7.13. The van der Waals surface area contributed by atoms with Gasteiger partial charge in [-0.1, -0.05) is 30.3 Å². The Morgan fingerprint density at radius 2 is 1.80 bits per heavy atom. The summed E-state index contributed by atoms with van der Waals surface area (Å²) < 4.78 is 11.9. The number of rotatable bonds is 8. The second-order valence-corrected chi connectivity index (χ2v) is 8.41. The van der Waals surface area contributed by atoms with Crippen LogP contribution in [0.2, 0.25) is 0 Å². The SMILES string of the molecule is COc1ccc(N2CCN(CCO)C(Cc3ccccc3)C2)cc1OC1CCCC1. The predicted octanol–water partition coefficient (Wildman–Crippen LogP) is 3.74. The number of piperazine rings is 1. The third-order valence-corrected chi connectivity index (χ3v) is 6.41. The summed E-state index contributed by atoms with van der Waals surface area (Å²) in [6.07, 6.45) is 6.06. The first kappa shape index (κ1) is 21.0. The van der Waals surface area contributed by atoms with Crippen LogP contribution >= 0.6 is 0 Å². The van der Waals surface area contributed by atoms with Crippen LogP contribution in [0.1, 0.15) is 31.2 Å². The van der Waals surface area contributed by atoms with Crippen molar-refractivity contribution in [2.75, 3.05) is 44.8 Å². The van der Waals surface area contributed by atoms with Crippen LogP contribution in [0.4, 0.5) is 5.69 Å². The third kappa shape index (κ3) is 5.08. The molecule has 2 aromatic carbocycles. The average molecular weight is 411 g/mol. The summed E-state index contributed by atoms with van der Waals surface area (Å²) in [5, 5.41) is 9.53. The number of hydrogen-bond acceptors (Lipinski definition) is 5. The summed E-state index contributed by atoms with van der Waals surface area (Å²) in [6.45, 7) is 3.75. The van der Waals surface area contributed by atoms with Crippen LogP contribution in [0.15, 0.2) is 48.5 Å². The van der Waals surface area contributed by atoms with Crippen LogP contribution in [0.3, 0.4) is 0 Å². The van der Waals surface area contributed by atoms with Gasteiger partial charge < -0.3 is 19.5 Å². The van der Waals surface area contributed by atoms with E-state index in [1.165, 1.54) is 24.1 Å². The van der Waals surface area contributed by atoms with Crippen LogP contribution in [-0.4, -0.2) is 62.0 Å². The van der Waals surface area contributed by atoms with Gasteiger partial charge in [0.2, 0.25) is 0 Å². The smallest absolute Gasteiger partial charge is 0.163 e. The fourth-order valence-corrected chi connectivity index (χ4v) is 4.77. The number of aliphatic hydroxyl groups is 1. The summed E-state index contributed by atoms with van der Waals surface area (Å²) in [6, 6.07) is 17.3. The Labute approximate surface area is 180 Å². The molecule has 2 fully saturated rings. The minimum Gasteiger partial charge on any atom is -0.493 e. The van der Waals surface area contributed by atoms with Gasteiger partial charge in [0.1, 0.15) is 0 Å². The molecule has 1 heterocycles. The van der Waals surface area contributed by atoms with E-state index in [1.807, 2.05) is 6.07 Å². The Morgan fingerprint density at radius 1 is 1.00 bits per heavy atom. The Morgan fingerprint density at radius 3 is 2.53 bits per heavy atom. The number of methoxy groups -OCH3 is 1. The zero-order valence-electron chi connectivity index (χ0n) is 18.0. The van der Waals surface area contributed by atoms with Crippen LogP contribution < -0.4 is 14.4 Å². The first-order valence-electron chi connectivity index (χ1n) is 11.3. The van der Waals surface area contributed by atoms with Crippen molar-refractivity contribution in [2.45, 2.75) is 44.2 Å². The van der Waals surface area contributed by atoms with E-state index < -0.39 is 0 Å². The van der Waals surface area contributed by atoms with Crippen molar-refractivity contribution in [1.82, 2.24) is 4.90 Å². The second-order valence-electron chi connectivity index (χ2n) is 8.41. The van der Waals surface area contributed by atoms with Gasteiger partial charge >= 0.3 is 0 Å². The van der Waals surface area contributed by atoms with Gasteiger partial charge in [-0.2, -0.15) is 0 Å². The quantitative estimate of drug-likeness (QED) is 0.718. The molecule has 1 aliphatic heterocycles. The normalized spacial score (nSPS) is 20.5. The Bertz CT molecular complexity index is 792. The number of aliphatic hydroxyl groups excluding tert-OH is 1. The van der Waals surface area contributed by atoms with E-state index in [9.17, 15) is 5.11 Å². The maximum Gasteiger partial charge on any atom is 0.163 e. The monoisotopic (exact) mass is 410 g/mol. The molecular weight excluding hydrogens is 376 g/mol.